The lowest BCUT2D eigenvalue weighted by Gasteiger charge is -2.13. The van der Waals surface area contributed by atoms with Crippen molar-refractivity contribution in [1.29, 1.82) is 0 Å². The Bertz CT molecular complexity index is 568. The molecule has 3 N–H and O–H groups in total. The molecule has 0 saturated heterocycles. The fourth-order valence-corrected chi connectivity index (χ4v) is 2.68. The minimum Gasteiger partial charge on any atom is -0.329 e. The van der Waals surface area contributed by atoms with E-state index >= 15 is 0 Å². The summed E-state index contributed by atoms with van der Waals surface area (Å²) in [5, 5.41) is 0.704. The van der Waals surface area contributed by atoms with Gasteiger partial charge in [-0.2, -0.15) is 0 Å². The van der Waals surface area contributed by atoms with Crippen molar-refractivity contribution in [3.05, 3.63) is 58.0 Å². The Balaban J connectivity index is 2.23. The van der Waals surface area contributed by atoms with Crippen LogP contribution in [0.4, 0.5) is 0 Å². The first kappa shape index (κ1) is 12.9. The number of nitrogens with one attached hydrogen (secondary N) is 1. The molecule has 0 radical (unpaired) electrons. The van der Waals surface area contributed by atoms with Crippen molar-refractivity contribution in [2.45, 2.75) is 17.3 Å². The van der Waals surface area contributed by atoms with E-state index in [-0.39, 0.29) is 10.8 Å². The third kappa shape index (κ3) is 3.21. The van der Waals surface area contributed by atoms with Crippen molar-refractivity contribution >= 4 is 11.8 Å². The van der Waals surface area contributed by atoms with Gasteiger partial charge >= 0.3 is 0 Å². The van der Waals surface area contributed by atoms with Gasteiger partial charge in [0.1, 0.15) is 0 Å². The van der Waals surface area contributed by atoms with Crippen molar-refractivity contribution in [3.63, 3.8) is 0 Å². The molecule has 0 saturated carbocycles. The van der Waals surface area contributed by atoms with Crippen LogP contribution in [-0.2, 0) is 0 Å². The number of nitrogens with zero attached hydrogens (tertiary/aromatic N) is 1. The fourth-order valence-electron chi connectivity index (χ4n) is 1.66. The summed E-state index contributed by atoms with van der Waals surface area (Å²) < 4.78 is 0. The van der Waals surface area contributed by atoms with Crippen LogP contribution < -0.4 is 11.3 Å². The molecule has 2 aromatic rings. The Morgan fingerprint density at radius 1 is 1.39 bits per heavy atom. The van der Waals surface area contributed by atoms with Gasteiger partial charge in [-0.25, -0.2) is 4.98 Å². The Morgan fingerprint density at radius 2 is 2.11 bits per heavy atom. The molecule has 0 bridgehead atoms. The number of hydrogen-bond acceptors (Lipinski definition) is 4. The maximum absolute atomic E-state index is 11.4. The van der Waals surface area contributed by atoms with E-state index in [0.717, 1.165) is 5.56 Å². The number of rotatable bonds is 4. The number of thioether (sulfide) groups is 1. The van der Waals surface area contributed by atoms with Crippen molar-refractivity contribution in [2.75, 3.05) is 6.54 Å². The van der Waals surface area contributed by atoms with Crippen LogP contribution in [0, 0.1) is 6.92 Å². The lowest BCUT2D eigenvalue weighted by Crippen LogP contribution is -2.13. The largest absolute Gasteiger partial charge is 0.329 e. The number of hydrogen-bond donors (Lipinski definition) is 2. The van der Waals surface area contributed by atoms with Gasteiger partial charge in [0.2, 0.25) is 0 Å². The van der Waals surface area contributed by atoms with Crippen LogP contribution in [0.2, 0.25) is 0 Å². The predicted molar refractivity (Wildman–Crippen MR) is 73.7 cm³/mol. The topological polar surface area (TPSA) is 71.8 Å². The maximum atomic E-state index is 11.4. The summed E-state index contributed by atoms with van der Waals surface area (Å²) in [5.74, 6) is 0. The highest BCUT2D eigenvalue weighted by molar-refractivity contribution is 7.99. The maximum Gasteiger partial charge on any atom is 0.251 e. The number of aromatic nitrogens is 2. The molecule has 1 aromatic heterocycles. The van der Waals surface area contributed by atoms with Crippen LogP contribution in [0.5, 0.6) is 0 Å². The molecule has 1 unspecified atom stereocenters. The van der Waals surface area contributed by atoms with Gasteiger partial charge in [0.15, 0.2) is 5.16 Å². The Kier molecular flexibility index (Phi) is 4.17. The molecule has 1 aromatic carbocycles. The molecule has 2 rings (SSSR count). The molecule has 0 aliphatic heterocycles. The molecule has 1 heterocycles. The second-order valence-electron chi connectivity index (χ2n) is 3.94. The highest BCUT2D eigenvalue weighted by Crippen LogP contribution is 2.31. The molecule has 4 nitrogen and oxygen atoms in total. The lowest BCUT2D eigenvalue weighted by molar-refractivity contribution is 0.879. The first-order valence-electron chi connectivity index (χ1n) is 5.68. The van der Waals surface area contributed by atoms with Gasteiger partial charge in [0, 0.05) is 23.6 Å². The molecule has 0 aliphatic carbocycles. The standard InChI is InChI=1S/C13H15N3OS/c1-9-7-12(17)16-13(15-9)18-11(8-14)10-5-3-2-4-6-10/h2-7,11H,8,14H2,1H3,(H,15,16,17). The van der Waals surface area contributed by atoms with E-state index in [1.807, 2.05) is 30.3 Å². The first-order chi connectivity index (χ1) is 8.69. The Hall–Kier alpha value is -1.59. The third-order valence-corrected chi connectivity index (χ3v) is 3.65. The van der Waals surface area contributed by atoms with Crippen LogP contribution in [0.25, 0.3) is 0 Å². The summed E-state index contributed by atoms with van der Waals surface area (Å²) in [4.78, 5) is 18.4. The minimum absolute atomic E-state index is 0.0937. The monoisotopic (exact) mass is 261 g/mol. The van der Waals surface area contributed by atoms with Crippen molar-refractivity contribution < 1.29 is 0 Å². The lowest BCUT2D eigenvalue weighted by atomic mass is 10.1. The molecule has 0 aliphatic rings. The van der Waals surface area contributed by atoms with E-state index in [2.05, 4.69) is 9.97 Å². The van der Waals surface area contributed by atoms with Gasteiger partial charge in [-0.1, -0.05) is 42.1 Å². The number of H-pyrrole nitrogens is 1. The van der Waals surface area contributed by atoms with Gasteiger partial charge in [-0.3, -0.25) is 4.79 Å². The Labute approximate surface area is 110 Å². The second kappa shape index (κ2) is 5.84. The van der Waals surface area contributed by atoms with Crippen molar-refractivity contribution in [2.24, 2.45) is 5.73 Å². The quantitative estimate of drug-likeness (QED) is 0.651. The molecule has 94 valence electrons. The second-order valence-corrected chi connectivity index (χ2v) is 5.14. The van der Waals surface area contributed by atoms with Crippen molar-refractivity contribution in [3.8, 4) is 0 Å². The number of nitrogens with two attached hydrogens (primary N) is 1. The molecular weight excluding hydrogens is 246 g/mol. The van der Waals surface area contributed by atoms with E-state index in [4.69, 9.17) is 5.73 Å². The summed E-state index contributed by atoms with van der Waals surface area (Å²) in [6.45, 7) is 2.30. The summed E-state index contributed by atoms with van der Waals surface area (Å²) in [7, 11) is 0. The minimum atomic E-state index is -0.131. The van der Waals surface area contributed by atoms with Crippen LogP contribution in [0.1, 0.15) is 16.5 Å². The van der Waals surface area contributed by atoms with Gasteiger partial charge in [-0.05, 0) is 12.5 Å². The van der Waals surface area contributed by atoms with E-state index in [1.165, 1.54) is 17.8 Å². The number of aromatic amines is 1. The van der Waals surface area contributed by atoms with Gasteiger partial charge < -0.3 is 10.7 Å². The zero-order chi connectivity index (χ0) is 13.0. The molecule has 0 amide bonds. The SMILES string of the molecule is Cc1cc(=O)[nH]c(SC(CN)c2ccccc2)n1. The van der Waals surface area contributed by atoms with Crippen LogP contribution >= 0.6 is 11.8 Å². The van der Waals surface area contributed by atoms with Crippen LogP contribution in [0.15, 0.2) is 46.3 Å². The summed E-state index contributed by atoms with van der Waals surface area (Å²) in [5.41, 5.74) is 7.50. The summed E-state index contributed by atoms with van der Waals surface area (Å²) >= 11 is 1.48. The fraction of sp³-hybridized carbons (Fsp3) is 0.231. The van der Waals surface area contributed by atoms with Crippen molar-refractivity contribution in [1.82, 2.24) is 9.97 Å². The highest BCUT2D eigenvalue weighted by Gasteiger charge is 2.12. The normalized spacial score (nSPS) is 12.3. The van der Waals surface area contributed by atoms with Gasteiger partial charge in [0.25, 0.3) is 5.56 Å². The third-order valence-electron chi connectivity index (χ3n) is 2.49. The molecule has 5 heteroatoms. The Morgan fingerprint density at radius 3 is 2.72 bits per heavy atom. The average Bonchev–Trinajstić information content (AvgIpc) is 2.36. The average molecular weight is 261 g/mol. The summed E-state index contributed by atoms with van der Waals surface area (Å²) in [6, 6.07) is 11.4. The zero-order valence-electron chi connectivity index (χ0n) is 10.1. The molecule has 0 spiro atoms. The van der Waals surface area contributed by atoms with Crippen LogP contribution in [0.3, 0.4) is 0 Å². The number of aryl methyl sites for hydroxylation is 1. The molecular formula is C13H15N3OS. The van der Waals surface area contributed by atoms with E-state index in [1.54, 1.807) is 6.92 Å². The molecule has 0 fully saturated rings. The number of benzene rings is 1. The van der Waals surface area contributed by atoms with Crippen LogP contribution in [-0.4, -0.2) is 16.5 Å². The summed E-state index contributed by atoms with van der Waals surface area (Å²) in [6.07, 6.45) is 0. The zero-order valence-corrected chi connectivity index (χ0v) is 10.9. The molecule has 18 heavy (non-hydrogen) atoms. The molecule has 1 atom stereocenters. The smallest absolute Gasteiger partial charge is 0.251 e. The highest BCUT2D eigenvalue weighted by atomic mass is 32.2. The van der Waals surface area contributed by atoms with Gasteiger partial charge in [0.05, 0.1) is 0 Å². The van der Waals surface area contributed by atoms with E-state index in [9.17, 15) is 4.79 Å². The van der Waals surface area contributed by atoms with E-state index in [0.29, 0.717) is 17.4 Å². The van der Waals surface area contributed by atoms with Gasteiger partial charge in [-0.15, -0.1) is 0 Å². The first-order valence-corrected chi connectivity index (χ1v) is 6.56. The van der Waals surface area contributed by atoms with E-state index < -0.39 is 0 Å². The predicted octanol–water partition coefficient (Wildman–Crippen LogP) is 1.87.